The molecule has 1 aliphatic carbocycles. The number of alkyl halides is 3. The first-order valence-corrected chi connectivity index (χ1v) is 12.4. The topological polar surface area (TPSA) is 84.8 Å². The molecule has 4 aromatic rings. The molecular formula is C25H18F4N4O2S. The van der Waals surface area contributed by atoms with Gasteiger partial charge in [-0.3, -0.25) is 0 Å². The number of halogens is 4. The summed E-state index contributed by atoms with van der Waals surface area (Å²) in [4.78, 5) is 11.4. The van der Waals surface area contributed by atoms with E-state index in [0.717, 1.165) is 29.3 Å². The normalized spacial score (nSPS) is 15.5. The average molecular weight is 515 g/mol. The van der Waals surface area contributed by atoms with Crippen molar-refractivity contribution >= 4 is 16.0 Å². The van der Waals surface area contributed by atoms with E-state index in [-0.39, 0.29) is 16.8 Å². The van der Waals surface area contributed by atoms with Crippen LogP contribution in [0, 0.1) is 5.95 Å². The Kier molecular flexibility index (Phi) is 5.95. The maximum atomic E-state index is 13.5. The van der Waals surface area contributed by atoms with Crippen molar-refractivity contribution in [2.75, 3.05) is 4.72 Å². The minimum Gasteiger partial charge on any atom is -0.247 e. The van der Waals surface area contributed by atoms with Crippen LogP contribution in [-0.4, -0.2) is 23.4 Å². The van der Waals surface area contributed by atoms with Crippen molar-refractivity contribution in [3.8, 4) is 11.1 Å². The first-order chi connectivity index (χ1) is 17.1. The van der Waals surface area contributed by atoms with E-state index in [1.807, 2.05) is 0 Å². The second kappa shape index (κ2) is 8.98. The van der Waals surface area contributed by atoms with E-state index in [9.17, 15) is 26.0 Å². The minimum absolute atomic E-state index is 0.0322. The molecule has 184 valence electrons. The van der Waals surface area contributed by atoms with E-state index in [4.69, 9.17) is 0 Å². The third-order valence-electron chi connectivity index (χ3n) is 6.09. The summed E-state index contributed by atoms with van der Waals surface area (Å²) in [7, 11) is -3.94. The molecule has 5 rings (SSSR count). The van der Waals surface area contributed by atoms with Crippen LogP contribution >= 0.6 is 0 Å². The van der Waals surface area contributed by atoms with Crippen molar-refractivity contribution in [1.29, 1.82) is 0 Å². The Balaban J connectivity index is 1.53. The van der Waals surface area contributed by atoms with Crippen LogP contribution in [0.25, 0.3) is 11.1 Å². The molecule has 2 aromatic heterocycles. The van der Waals surface area contributed by atoms with Crippen LogP contribution in [0.5, 0.6) is 0 Å². The van der Waals surface area contributed by atoms with Gasteiger partial charge in [0.1, 0.15) is 0 Å². The number of nitrogens with zero attached hydrogens (tertiary/aromatic N) is 3. The van der Waals surface area contributed by atoms with Gasteiger partial charge < -0.3 is 0 Å². The Labute approximate surface area is 204 Å². The van der Waals surface area contributed by atoms with Gasteiger partial charge in [-0.25, -0.2) is 28.1 Å². The van der Waals surface area contributed by atoms with Crippen LogP contribution in [0.15, 0.2) is 78.1 Å². The monoisotopic (exact) mass is 514 g/mol. The van der Waals surface area contributed by atoms with E-state index in [0.29, 0.717) is 29.5 Å². The van der Waals surface area contributed by atoms with Crippen molar-refractivity contribution in [3.05, 3.63) is 101 Å². The number of aryl methyl sites for hydroxylation is 1. The summed E-state index contributed by atoms with van der Waals surface area (Å²) in [6.45, 7) is 0. The van der Waals surface area contributed by atoms with Gasteiger partial charge in [0, 0.05) is 30.1 Å². The molecule has 0 radical (unpaired) electrons. The maximum Gasteiger partial charge on any atom is 0.416 e. The summed E-state index contributed by atoms with van der Waals surface area (Å²) in [6, 6.07) is 12.2. The highest BCUT2D eigenvalue weighted by molar-refractivity contribution is 7.92. The highest BCUT2D eigenvalue weighted by Gasteiger charge is 2.33. The third-order valence-corrected chi connectivity index (χ3v) is 7.41. The summed E-state index contributed by atoms with van der Waals surface area (Å²) in [5.41, 5.74) is 2.06. The Morgan fingerprint density at radius 3 is 2.36 bits per heavy atom. The summed E-state index contributed by atoms with van der Waals surface area (Å²) in [5.74, 6) is -1.07. The van der Waals surface area contributed by atoms with E-state index in [1.165, 1.54) is 36.8 Å². The number of pyridine rings is 1. The number of nitrogens with one attached hydrogen (secondary N) is 1. The van der Waals surface area contributed by atoms with Gasteiger partial charge in [-0.1, -0.05) is 12.1 Å². The van der Waals surface area contributed by atoms with Crippen LogP contribution in [0.3, 0.4) is 0 Å². The minimum atomic E-state index is -4.55. The molecule has 0 saturated heterocycles. The number of hydrogen-bond donors (Lipinski definition) is 1. The van der Waals surface area contributed by atoms with Crippen LogP contribution in [0.2, 0.25) is 0 Å². The highest BCUT2D eigenvalue weighted by atomic mass is 32.2. The molecule has 6 nitrogen and oxygen atoms in total. The lowest BCUT2D eigenvalue weighted by molar-refractivity contribution is -0.137. The quantitative estimate of drug-likeness (QED) is 0.278. The maximum absolute atomic E-state index is 13.5. The molecule has 0 unspecified atom stereocenters. The zero-order valence-electron chi connectivity index (χ0n) is 18.5. The molecule has 0 aliphatic heterocycles. The first-order valence-electron chi connectivity index (χ1n) is 10.9. The third kappa shape index (κ3) is 4.66. The molecule has 1 atom stereocenters. The molecule has 36 heavy (non-hydrogen) atoms. The van der Waals surface area contributed by atoms with E-state index >= 15 is 0 Å². The summed E-state index contributed by atoms with van der Waals surface area (Å²) < 4.78 is 81.7. The van der Waals surface area contributed by atoms with Gasteiger partial charge in [-0.2, -0.15) is 17.6 Å². The van der Waals surface area contributed by atoms with Crippen molar-refractivity contribution < 1.29 is 26.0 Å². The molecule has 0 amide bonds. The Morgan fingerprint density at radius 1 is 0.917 bits per heavy atom. The predicted octanol–water partition coefficient (Wildman–Crippen LogP) is 5.58. The van der Waals surface area contributed by atoms with Gasteiger partial charge in [-0.15, -0.1) is 0 Å². The van der Waals surface area contributed by atoms with E-state index < -0.39 is 27.7 Å². The lowest BCUT2D eigenvalue weighted by Crippen LogP contribution is -2.15. The fourth-order valence-corrected chi connectivity index (χ4v) is 5.44. The van der Waals surface area contributed by atoms with Crippen molar-refractivity contribution in [3.63, 3.8) is 0 Å². The van der Waals surface area contributed by atoms with Crippen LogP contribution < -0.4 is 4.72 Å². The second-order valence-electron chi connectivity index (χ2n) is 8.30. The average Bonchev–Trinajstić information content (AvgIpc) is 3.27. The largest absolute Gasteiger partial charge is 0.416 e. The van der Waals surface area contributed by atoms with Crippen LogP contribution in [0.1, 0.15) is 34.6 Å². The van der Waals surface area contributed by atoms with Crippen molar-refractivity contribution in [1.82, 2.24) is 15.0 Å². The Morgan fingerprint density at radius 2 is 1.67 bits per heavy atom. The number of anilines is 1. The molecular weight excluding hydrogens is 496 g/mol. The zero-order chi connectivity index (χ0) is 25.5. The number of hydrogen-bond acceptors (Lipinski definition) is 5. The molecule has 0 bridgehead atoms. The Hall–Kier alpha value is -3.86. The van der Waals surface area contributed by atoms with Gasteiger partial charge in [0.05, 0.1) is 10.5 Å². The summed E-state index contributed by atoms with van der Waals surface area (Å²) in [6.07, 6.45) is 0.589. The highest BCUT2D eigenvalue weighted by Crippen LogP contribution is 2.44. The molecule has 2 heterocycles. The van der Waals surface area contributed by atoms with Gasteiger partial charge in [0.25, 0.3) is 10.0 Å². The first kappa shape index (κ1) is 23.9. The van der Waals surface area contributed by atoms with E-state index in [1.54, 1.807) is 18.2 Å². The lowest BCUT2D eigenvalue weighted by Gasteiger charge is -2.19. The van der Waals surface area contributed by atoms with E-state index in [2.05, 4.69) is 19.7 Å². The summed E-state index contributed by atoms with van der Waals surface area (Å²) >= 11 is 0. The SMILES string of the molecule is O=S(=O)(Nc1ncccn1)c1ccc2c(c1)CC[C@@H]2c1ccc(C(F)(F)F)cc1-c1ccc(F)nc1. The number of fused-ring (bicyclic) bond motifs is 1. The molecule has 1 N–H and O–H groups in total. The molecule has 11 heteroatoms. The predicted molar refractivity (Wildman–Crippen MR) is 124 cm³/mol. The zero-order valence-corrected chi connectivity index (χ0v) is 19.3. The fraction of sp³-hybridized carbons (Fsp3) is 0.160. The molecule has 0 saturated carbocycles. The standard InChI is InChI=1S/C25H18F4N4O2S/c26-23-9-3-16(14-32-23)22-13-17(25(27,28)29)4-7-21(22)20-6-2-15-12-18(5-8-19(15)20)36(34,35)33-24-30-10-1-11-31-24/h1,3-5,7-14,20H,2,6H2,(H,30,31,33)/t20-/m0/s1. The van der Waals surface area contributed by atoms with Crippen LogP contribution in [-0.2, 0) is 22.6 Å². The molecule has 1 aliphatic rings. The fourth-order valence-electron chi connectivity index (χ4n) is 4.44. The molecule has 0 fully saturated rings. The smallest absolute Gasteiger partial charge is 0.247 e. The van der Waals surface area contributed by atoms with Crippen LogP contribution in [0.4, 0.5) is 23.5 Å². The van der Waals surface area contributed by atoms with Crippen molar-refractivity contribution in [2.45, 2.75) is 29.8 Å². The van der Waals surface area contributed by atoms with Gasteiger partial charge in [0.15, 0.2) is 0 Å². The van der Waals surface area contributed by atoms with Crippen molar-refractivity contribution in [2.24, 2.45) is 0 Å². The summed E-state index contributed by atoms with van der Waals surface area (Å²) in [5, 5.41) is 0. The number of sulfonamides is 1. The number of rotatable bonds is 5. The number of benzene rings is 2. The number of aromatic nitrogens is 3. The Bertz CT molecular complexity index is 1530. The lowest BCUT2D eigenvalue weighted by atomic mass is 9.86. The van der Waals surface area contributed by atoms with Gasteiger partial charge in [0.2, 0.25) is 11.9 Å². The second-order valence-corrected chi connectivity index (χ2v) is 9.98. The molecule has 0 spiro atoms. The van der Waals surface area contributed by atoms with Gasteiger partial charge in [-0.05, 0) is 77.6 Å². The van der Waals surface area contributed by atoms with Gasteiger partial charge >= 0.3 is 6.18 Å². The molecule has 2 aromatic carbocycles.